The van der Waals surface area contributed by atoms with E-state index in [9.17, 15) is 10.1 Å². The number of aryl methyl sites for hydroxylation is 1. The highest BCUT2D eigenvalue weighted by Gasteiger charge is 2.13. The lowest BCUT2D eigenvalue weighted by Crippen LogP contribution is -1.94. The van der Waals surface area contributed by atoms with Crippen LogP contribution in [0, 0.1) is 17.0 Å². The SMILES string of the molecule is Cc1nc(-c2nc(Cl)c3cc([N+](=O)[O-])ccc3n2)cs1. The van der Waals surface area contributed by atoms with Gasteiger partial charge < -0.3 is 0 Å². The molecule has 0 radical (unpaired) electrons. The summed E-state index contributed by atoms with van der Waals surface area (Å²) in [6.07, 6.45) is 0. The van der Waals surface area contributed by atoms with Gasteiger partial charge in [0.1, 0.15) is 10.8 Å². The van der Waals surface area contributed by atoms with E-state index in [1.165, 1.54) is 23.5 Å². The fourth-order valence-corrected chi connectivity index (χ4v) is 2.60. The highest BCUT2D eigenvalue weighted by molar-refractivity contribution is 7.09. The monoisotopic (exact) mass is 306 g/mol. The molecule has 20 heavy (non-hydrogen) atoms. The number of fused-ring (bicyclic) bond motifs is 1. The maximum Gasteiger partial charge on any atom is 0.270 e. The molecule has 0 aliphatic carbocycles. The number of nitrogens with zero attached hydrogens (tertiary/aromatic N) is 4. The van der Waals surface area contributed by atoms with Crippen molar-refractivity contribution in [3.05, 3.63) is 43.9 Å². The molecule has 0 atom stereocenters. The molecule has 2 heterocycles. The van der Waals surface area contributed by atoms with Crippen molar-refractivity contribution in [3.63, 3.8) is 0 Å². The maximum absolute atomic E-state index is 10.8. The molecule has 0 unspecified atom stereocenters. The minimum atomic E-state index is -0.479. The van der Waals surface area contributed by atoms with Gasteiger partial charge in [0, 0.05) is 22.9 Å². The Labute approximate surface area is 122 Å². The summed E-state index contributed by atoms with van der Waals surface area (Å²) in [4.78, 5) is 23.1. The van der Waals surface area contributed by atoms with Crippen molar-refractivity contribution in [1.29, 1.82) is 0 Å². The molecule has 0 N–H and O–H groups in total. The number of hydrogen-bond donors (Lipinski definition) is 0. The number of nitro groups is 1. The normalized spacial score (nSPS) is 10.9. The molecule has 0 aliphatic rings. The van der Waals surface area contributed by atoms with Crippen LogP contribution < -0.4 is 0 Å². The van der Waals surface area contributed by atoms with Gasteiger partial charge in [-0.1, -0.05) is 11.6 Å². The molecule has 0 aliphatic heterocycles. The third-order valence-electron chi connectivity index (χ3n) is 2.69. The number of benzene rings is 1. The third-order valence-corrected chi connectivity index (χ3v) is 3.75. The first-order valence-electron chi connectivity index (χ1n) is 5.59. The number of halogens is 1. The summed E-state index contributed by atoms with van der Waals surface area (Å²) in [5.74, 6) is 0.417. The highest BCUT2D eigenvalue weighted by atomic mass is 35.5. The van der Waals surface area contributed by atoms with Gasteiger partial charge in [-0.3, -0.25) is 10.1 Å². The average molecular weight is 307 g/mol. The fourth-order valence-electron chi connectivity index (χ4n) is 1.77. The largest absolute Gasteiger partial charge is 0.270 e. The Kier molecular flexibility index (Phi) is 3.07. The van der Waals surface area contributed by atoms with E-state index in [2.05, 4.69) is 15.0 Å². The van der Waals surface area contributed by atoms with Crippen molar-refractivity contribution < 1.29 is 4.92 Å². The second kappa shape index (κ2) is 4.77. The Bertz CT molecular complexity index is 833. The smallest absolute Gasteiger partial charge is 0.258 e. The Hall–Kier alpha value is -2.12. The zero-order valence-electron chi connectivity index (χ0n) is 10.2. The molecule has 3 aromatic rings. The molecule has 3 rings (SSSR count). The van der Waals surface area contributed by atoms with Crippen molar-refractivity contribution >= 4 is 39.5 Å². The first-order chi connectivity index (χ1) is 9.54. The Morgan fingerprint density at radius 3 is 2.75 bits per heavy atom. The maximum atomic E-state index is 10.8. The van der Waals surface area contributed by atoms with E-state index < -0.39 is 4.92 Å². The molecular formula is C12H7ClN4O2S. The summed E-state index contributed by atoms with van der Waals surface area (Å²) >= 11 is 7.59. The van der Waals surface area contributed by atoms with Gasteiger partial charge in [0.2, 0.25) is 0 Å². The predicted molar refractivity (Wildman–Crippen MR) is 77.0 cm³/mol. The second-order valence-corrected chi connectivity index (χ2v) is 5.47. The molecule has 0 bridgehead atoms. The van der Waals surface area contributed by atoms with E-state index in [0.717, 1.165) is 5.01 Å². The molecule has 0 saturated carbocycles. The lowest BCUT2D eigenvalue weighted by Gasteiger charge is -2.02. The van der Waals surface area contributed by atoms with Crippen LogP contribution in [0.2, 0.25) is 5.15 Å². The lowest BCUT2D eigenvalue weighted by molar-refractivity contribution is -0.384. The van der Waals surface area contributed by atoms with Crippen LogP contribution >= 0.6 is 22.9 Å². The minimum Gasteiger partial charge on any atom is -0.258 e. The molecule has 0 spiro atoms. The van der Waals surface area contributed by atoms with Crippen molar-refractivity contribution in [1.82, 2.24) is 15.0 Å². The topological polar surface area (TPSA) is 81.8 Å². The standard InChI is InChI=1S/C12H7ClN4O2S/c1-6-14-10(5-20-6)12-15-9-3-2-7(17(18)19)4-8(9)11(13)16-12/h2-5H,1H3. The summed E-state index contributed by atoms with van der Waals surface area (Å²) in [7, 11) is 0. The molecule has 8 heteroatoms. The van der Waals surface area contributed by atoms with Gasteiger partial charge in [-0.2, -0.15) is 0 Å². The van der Waals surface area contributed by atoms with Crippen molar-refractivity contribution in [3.8, 4) is 11.5 Å². The first-order valence-corrected chi connectivity index (χ1v) is 6.84. The van der Waals surface area contributed by atoms with Crippen molar-refractivity contribution in [2.24, 2.45) is 0 Å². The van der Waals surface area contributed by atoms with Crippen molar-refractivity contribution in [2.75, 3.05) is 0 Å². The molecule has 100 valence electrons. The predicted octanol–water partition coefficient (Wildman–Crippen LogP) is 3.62. The Morgan fingerprint density at radius 2 is 2.10 bits per heavy atom. The second-order valence-electron chi connectivity index (χ2n) is 4.05. The van der Waals surface area contributed by atoms with E-state index in [1.54, 1.807) is 6.07 Å². The van der Waals surface area contributed by atoms with Gasteiger partial charge >= 0.3 is 0 Å². The number of rotatable bonds is 2. The lowest BCUT2D eigenvalue weighted by atomic mass is 10.2. The van der Waals surface area contributed by atoms with Gasteiger partial charge in [0.05, 0.1) is 15.4 Å². The molecule has 1 aromatic carbocycles. The van der Waals surface area contributed by atoms with E-state index >= 15 is 0 Å². The molecule has 6 nitrogen and oxygen atoms in total. The van der Waals surface area contributed by atoms with Gasteiger partial charge in [-0.05, 0) is 13.0 Å². The fraction of sp³-hybridized carbons (Fsp3) is 0.0833. The van der Waals surface area contributed by atoms with Crippen molar-refractivity contribution in [2.45, 2.75) is 6.92 Å². The summed E-state index contributed by atoms with van der Waals surface area (Å²) in [6, 6.07) is 4.32. The molecule has 0 fully saturated rings. The Balaban J connectivity index is 2.20. The van der Waals surface area contributed by atoms with Gasteiger partial charge in [-0.25, -0.2) is 15.0 Å². The minimum absolute atomic E-state index is 0.0414. The van der Waals surface area contributed by atoms with E-state index in [-0.39, 0.29) is 10.8 Å². The number of non-ortho nitro benzene ring substituents is 1. The number of aromatic nitrogens is 3. The van der Waals surface area contributed by atoms with Gasteiger partial charge in [0.25, 0.3) is 5.69 Å². The van der Waals surface area contributed by atoms with Crippen LogP contribution in [0.5, 0.6) is 0 Å². The zero-order valence-corrected chi connectivity index (χ0v) is 11.8. The Morgan fingerprint density at radius 1 is 1.30 bits per heavy atom. The summed E-state index contributed by atoms with van der Waals surface area (Å²) < 4.78 is 0. The first kappa shape index (κ1) is 12.9. The molecular weight excluding hydrogens is 300 g/mol. The van der Waals surface area contributed by atoms with Crippen LogP contribution in [0.15, 0.2) is 23.6 Å². The zero-order chi connectivity index (χ0) is 14.3. The van der Waals surface area contributed by atoms with E-state index in [0.29, 0.717) is 22.4 Å². The average Bonchev–Trinajstić information content (AvgIpc) is 2.85. The molecule has 0 amide bonds. The van der Waals surface area contributed by atoms with Gasteiger partial charge in [0.15, 0.2) is 5.82 Å². The van der Waals surface area contributed by atoms with Crippen LogP contribution in [0.3, 0.4) is 0 Å². The molecule has 0 saturated heterocycles. The van der Waals surface area contributed by atoms with Crippen LogP contribution in [0.25, 0.3) is 22.4 Å². The van der Waals surface area contributed by atoms with Crippen LogP contribution in [0.1, 0.15) is 5.01 Å². The number of hydrogen-bond acceptors (Lipinski definition) is 6. The van der Waals surface area contributed by atoms with E-state index in [1.807, 2.05) is 12.3 Å². The van der Waals surface area contributed by atoms with E-state index in [4.69, 9.17) is 11.6 Å². The number of thiazole rings is 1. The van der Waals surface area contributed by atoms with Crippen LogP contribution in [0.4, 0.5) is 5.69 Å². The summed E-state index contributed by atoms with van der Waals surface area (Å²) in [6.45, 7) is 1.89. The van der Waals surface area contributed by atoms with Crippen LogP contribution in [-0.2, 0) is 0 Å². The van der Waals surface area contributed by atoms with Crippen LogP contribution in [-0.4, -0.2) is 19.9 Å². The highest BCUT2D eigenvalue weighted by Crippen LogP contribution is 2.28. The third kappa shape index (κ3) is 2.21. The van der Waals surface area contributed by atoms with Gasteiger partial charge in [-0.15, -0.1) is 11.3 Å². The number of nitro benzene ring substituents is 1. The summed E-state index contributed by atoms with van der Waals surface area (Å²) in [5.41, 5.74) is 1.16. The summed E-state index contributed by atoms with van der Waals surface area (Å²) in [5, 5.41) is 14.1. The quantitative estimate of drug-likeness (QED) is 0.410. The molecule has 2 aromatic heterocycles.